The summed E-state index contributed by atoms with van der Waals surface area (Å²) in [7, 11) is 1.68. The van der Waals surface area contributed by atoms with E-state index < -0.39 is 23.6 Å². The van der Waals surface area contributed by atoms with Gasteiger partial charge in [-0.05, 0) is 31.4 Å². The number of carbonyl (C=O) groups excluding carboxylic acids is 1. The maximum Gasteiger partial charge on any atom is 0.434 e. The largest absolute Gasteiger partial charge is 0.434 e. The fourth-order valence-corrected chi connectivity index (χ4v) is 3.88. The second kappa shape index (κ2) is 8.52. The van der Waals surface area contributed by atoms with Crippen LogP contribution in [-0.2, 0) is 6.18 Å². The van der Waals surface area contributed by atoms with Crippen LogP contribution >= 0.6 is 0 Å². The fraction of sp³-hybridized carbons (Fsp3) is 0.350. The minimum absolute atomic E-state index is 0.189. The Bertz CT molecular complexity index is 1090. The zero-order valence-corrected chi connectivity index (χ0v) is 16.9. The van der Waals surface area contributed by atoms with Gasteiger partial charge in [-0.1, -0.05) is 6.07 Å². The number of hydrogen-bond acceptors (Lipinski definition) is 6. The smallest absolute Gasteiger partial charge is 0.353 e. The topological polar surface area (TPSA) is 88.8 Å². The number of amides is 1. The van der Waals surface area contributed by atoms with Gasteiger partial charge in [-0.25, -0.2) is 14.4 Å². The molecule has 1 fully saturated rings. The summed E-state index contributed by atoms with van der Waals surface area (Å²) in [5.74, 6) is -1.09. The molecule has 0 spiro atoms. The van der Waals surface area contributed by atoms with E-state index in [1.54, 1.807) is 11.9 Å². The first-order valence-electron chi connectivity index (χ1n) is 9.84. The van der Waals surface area contributed by atoms with Gasteiger partial charge in [0.2, 0.25) is 0 Å². The molecule has 2 aromatic heterocycles. The third-order valence-corrected chi connectivity index (χ3v) is 5.44. The number of aromatic nitrogens is 5. The number of alkyl halides is 3. The van der Waals surface area contributed by atoms with Crippen LogP contribution in [0.25, 0.3) is 5.69 Å². The van der Waals surface area contributed by atoms with Crippen LogP contribution < -0.4 is 10.2 Å². The molecular formula is C20H19F4N7O. The van der Waals surface area contributed by atoms with Crippen LogP contribution in [0.4, 0.5) is 23.4 Å². The third kappa shape index (κ3) is 4.25. The van der Waals surface area contributed by atoms with Crippen molar-refractivity contribution in [1.29, 1.82) is 0 Å². The third-order valence-electron chi connectivity index (χ3n) is 5.44. The van der Waals surface area contributed by atoms with Crippen molar-refractivity contribution in [3.63, 3.8) is 0 Å². The highest BCUT2D eigenvalue weighted by Crippen LogP contribution is 2.30. The molecule has 0 aliphatic heterocycles. The number of carbonyl (C=O) groups is 1. The van der Waals surface area contributed by atoms with Crippen LogP contribution in [-0.4, -0.2) is 50.0 Å². The Hall–Kier alpha value is -3.57. The van der Waals surface area contributed by atoms with Crippen LogP contribution in [0, 0.1) is 5.82 Å². The molecule has 8 nitrogen and oxygen atoms in total. The molecule has 1 aliphatic rings. The molecule has 0 unspecified atom stereocenters. The molecular weight excluding hydrogens is 430 g/mol. The average molecular weight is 449 g/mol. The van der Waals surface area contributed by atoms with Crippen LogP contribution in [0.1, 0.15) is 35.3 Å². The second-order valence-electron chi connectivity index (χ2n) is 7.40. The number of anilines is 1. The Labute approximate surface area is 180 Å². The maximum absolute atomic E-state index is 14.6. The van der Waals surface area contributed by atoms with E-state index >= 15 is 0 Å². The van der Waals surface area contributed by atoms with Crippen molar-refractivity contribution in [2.45, 2.75) is 37.5 Å². The van der Waals surface area contributed by atoms with Gasteiger partial charge in [0.15, 0.2) is 5.69 Å². The molecule has 1 N–H and O–H groups in total. The molecule has 1 amide bonds. The van der Waals surface area contributed by atoms with Gasteiger partial charge in [-0.3, -0.25) is 4.79 Å². The summed E-state index contributed by atoms with van der Waals surface area (Å²) >= 11 is 0. The van der Waals surface area contributed by atoms with Crippen LogP contribution in [0.3, 0.4) is 0 Å². The first-order chi connectivity index (χ1) is 15.3. The average Bonchev–Trinajstić information content (AvgIpc) is 3.45. The van der Waals surface area contributed by atoms with E-state index in [1.165, 1.54) is 30.6 Å². The Morgan fingerprint density at radius 1 is 1.16 bits per heavy atom. The highest BCUT2D eigenvalue weighted by atomic mass is 19.4. The Morgan fingerprint density at radius 3 is 2.56 bits per heavy atom. The van der Waals surface area contributed by atoms with Crippen LogP contribution in [0.15, 0.2) is 43.0 Å². The monoisotopic (exact) mass is 449 g/mol. The lowest BCUT2D eigenvalue weighted by atomic mass is 10.1. The predicted molar refractivity (Wildman–Crippen MR) is 106 cm³/mol. The predicted octanol–water partition coefficient (Wildman–Crippen LogP) is 3.00. The molecule has 3 aromatic rings. The summed E-state index contributed by atoms with van der Waals surface area (Å²) in [5.41, 5.74) is -1.07. The standard InChI is InChI=1S/C20H19F4N7O/c1-30(17-11-25-16(10-26-17)20(22,23)24)14-6-3-5-13(14)29-19(32)18-12(21)4-2-7-15(18)31-27-8-9-28-31/h2,4,7-11,13-14H,3,5-6H2,1H3,(H,29,32)/t13-,14-/m0/s1. The zero-order chi connectivity index (χ0) is 22.9. The first-order valence-corrected chi connectivity index (χ1v) is 9.84. The Kier molecular flexibility index (Phi) is 5.76. The van der Waals surface area contributed by atoms with Crippen molar-refractivity contribution >= 4 is 11.7 Å². The zero-order valence-electron chi connectivity index (χ0n) is 16.9. The molecule has 0 saturated heterocycles. The van der Waals surface area contributed by atoms with Crippen molar-refractivity contribution in [3.8, 4) is 5.69 Å². The number of likely N-dealkylation sites (N-methyl/N-ethyl adjacent to an activating group) is 1. The second-order valence-corrected chi connectivity index (χ2v) is 7.40. The van der Waals surface area contributed by atoms with Crippen molar-refractivity contribution in [3.05, 3.63) is 60.1 Å². The molecule has 2 atom stereocenters. The van der Waals surface area contributed by atoms with Gasteiger partial charge >= 0.3 is 6.18 Å². The molecule has 4 rings (SSSR count). The number of benzene rings is 1. The van der Waals surface area contributed by atoms with E-state index in [-0.39, 0.29) is 29.2 Å². The number of nitrogens with zero attached hydrogens (tertiary/aromatic N) is 6. The molecule has 0 bridgehead atoms. The van der Waals surface area contributed by atoms with Crippen molar-refractivity contribution in [1.82, 2.24) is 30.3 Å². The summed E-state index contributed by atoms with van der Waals surface area (Å²) in [6, 6.07) is 3.56. The van der Waals surface area contributed by atoms with Gasteiger partial charge in [-0.2, -0.15) is 28.2 Å². The van der Waals surface area contributed by atoms with Crippen molar-refractivity contribution in [2.75, 3.05) is 11.9 Å². The molecule has 1 aliphatic carbocycles. The summed E-state index contributed by atoms with van der Waals surface area (Å²) in [6.45, 7) is 0. The highest BCUT2D eigenvalue weighted by molar-refractivity contribution is 5.98. The summed E-state index contributed by atoms with van der Waals surface area (Å²) in [4.78, 5) is 23.2. The number of nitrogens with one attached hydrogen (secondary N) is 1. The van der Waals surface area contributed by atoms with Crippen molar-refractivity contribution in [2.24, 2.45) is 0 Å². The number of halogens is 4. The van der Waals surface area contributed by atoms with E-state index in [1.807, 2.05) is 0 Å². The van der Waals surface area contributed by atoms with E-state index in [9.17, 15) is 22.4 Å². The molecule has 32 heavy (non-hydrogen) atoms. The quantitative estimate of drug-likeness (QED) is 0.603. The molecule has 1 saturated carbocycles. The lowest BCUT2D eigenvalue weighted by molar-refractivity contribution is -0.141. The first kappa shape index (κ1) is 21.7. The van der Waals surface area contributed by atoms with Crippen LogP contribution in [0.2, 0.25) is 0 Å². The van der Waals surface area contributed by atoms with E-state index in [4.69, 9.17) is 0 Å². The highest BCUT2D eigenvalue weighted by Gasteiger charge is 2.35. The molecule has 2 heterocycles. The lowest BCUT2D eigenvalue weighted by Gasteiger charge is -2.31. The van der Waals surface area contributed by atoms with Gasteiger partial charge in [0.1, 0.15) is 22.9 Å². The molecule has 0 radical (unpaired) electrons. The van der Waals surface area contributed by atoms with E-state index in [0.717, 1.165) is 17.4 Å². The van der Waals surface area contributed by atoms with Gasteiger partial charge in [0.05, 0.1) is 30.8 Å². The maximum atomic E-state index is 14.6. The van der Waals surface area contributed by atoms with Gasteiger partial charge in [0, 0.05) is 13.1 Å². The van der Waals surface area contributed by atoms with Gasteiger partial charge in [0.25, 0.3) is 5.91 Å². The summed E-state index contributed by atoms with van der Waals surface area (Å²) in [5, 5.41) is 10.8. The number of hydrogen-bond donors (Lipinski definition) is 1. The normalized spacial score (nSPS) is 18.5. The lowest BCUT2D eigenvalue weighted by Crippen LogP contribution is -2.48. The molecule has 168 valence electrons. The minimum atomic E-state index is -4.57. The Balaban J connectivity index is 1.53. The molecule has 1 aromatic carbocycles. The minimum Gasteiger partial charge on any atom is -0.353 e. The summed E-state index contributed by atoms with van der Waals surface area (Å²) < 4.78 is 52.8. The SMILES string of the molecule is CN(c1cnc(C(F)(F)F)cn1)[C@H]1CCC[C@@H]1NC(=O)c1c(F)cccc1-n1nccn1. The van der Waals surface area contributed by atoms with Gasteiger partial charge < -0.3 is 10.2 Å². The fourth-order valence-electron chi connectivity index (χ4n) is 3.88. The molecule has 12 heteroatoms. The van der Waals surface area contributed by atoms with E-state index in [0.29, 0.717) is 19.0 Å². The number of rotatable bonds is 5. The van der Waals surface area contributed by atoms with Crippen molar-refractivity contribution < 1.29 is 22.4 Å². The summed E-state index contributed by atoms with van der Waals surface area (Å²) in [6.07, 6.45) is 2.07. The van der Waals surface area contributed by atoms with Gasteiger partial charge in [-0.15, -0.1) is 0 Å². The van der Waals surface area contributed by atoms with Crippen LogP contribution in [0.5, 0.6) is 0 Å². The Morgan fingerprint density at radius 2 is 1.91 bits per heavy atom. The van der Waals surface area contributed by atoms with E-state index in [2.05, 4.69) is 25.5 Å².